The maximum absolute atomic E-state index is 11.4. The van der Waals surface area contributed by atoms with Crippen molar-refractivity contribution >= 4 is 17.5 Å². The monoisotopic (exact) mass is 234 g/mol. The van der Waals surface area contributed by atoms with E-state index < -0.39 is 5.97 Å². The number of carbonyl (C=O) groups is 1. The van der Waals surface area contributed by atoms with Gasteiger partial charge >= 0.3 is 5.97 Å². The molecule has 0 amide bonds. The summed E-state index contributed by atoms with van der Waals surface area (Å²) in [7, 11) is 1.33. The number of hydrogen-bond donors (Lipinski definition) is 1. The van der Waals surface area contributed by atoms with Gasteiger partial charge in [0.05, 0.1) is 19.0 Å². The highest BCUT2D eigenvalue weighted by molar-refractivity contribution is 5.86. The molecule has 1 fully saturated rings. The zero-order chi connectivity index (χ0) is 11.8. The average molecular weight is 234 g/mol. The molecule has 90 valence electrons. The van der Waals surface area contributed by atoms with Gasteiger partial charge in [-0.2, -0.15) is 0 Å². The lowest BCUT2D eigenvalue weighted by atomic mass is 10.0. The standard InChI is InChI=1S/C11H14N4O2/c1-17-11(16)10-12-5-8-9(14-10)13-7-3-2-4-15(8)6-7/h5,7H,2-4,6H2,1H3,(H,12,13,14)/t7-/m0/s1. The summed E-state index contributed by atoms with van der Waals surface area (Å²) in [6.07, 6.45) is 4.02. The van der Waals surface area contributed by atoms with Crippen molar-refractivity contribution in [1.82, 2.24) is 9.97 Å². The van der Waals surface area contributed by atoms with Crippen molar-refractivity contribution in [2.24, 2.45) is 0 Å². The number of fused-ring (bicyclic) bond motifs is 4. The van der Waals surface area contributed by atoms with Gasteiger partial charge in [-0.25, -0.2) is 14.8 Å². The summed E-state index contributed by atoms with van der Waals surface area (Å²) >= 11 is 0. The van der Waals surface area contributed by atoms with Crippen molar-refractivity contribution in [2.75, 3.05) is 30.4 Å². The SMILES string of the molecule is COC(=O)c1ncc2c(n1)N[C@H]1CCCN2C1. The van der Waals surface area contributed by atoms with Crippen LogP contribution in [0, 0.1) is 0 Å². The minimum Gasteiger partial charge on any atom is -0.463 e. The first-order valence-electron chi connectivity index (χ1n) is 5.75. The molecule has 6 nitrogen and oxygen atoms in total. The highest BCUT2D eigenvalue weighted by Crippen LogP contribution is 2.32. The van der Waals surface area contributed by atoms with Crippen LogP contribution in [-0.2, 0) is 4.74 Å². The van der Waals surface area contributed by atoms with E-state index >= 15 is 0 Å². The van der Waals surface area contributed by atoms with Crippen LogP contribution in [0.25, 0.3) is 0 Å². The van der Waals surface area contributed by atoms with Gasteiger partial charge in [-0.15, -0.1) is 0 Å². The van der Waals surface area contributed by atoms with Crippen LogP contribution in [0.1, 0.15) is 23.5 Å². The molecule has 1 atom stereocenters. The van der Waals surface area contributed by atoms with Crippen molar-refractivity contribution in [2.45, 2.75) is 18.9 Å². The fourth-order valence-electron chi connectivity index (χ4n) is 2.41. The van der Waals surface area contributed by atoms with Gasteiger partial charge < -0.3 is 15.0 Å². The van der Waals surface area contributed by atoms with E-state index in [1.165, 1.54) is 13.5 Å². The first-order valence-corrected chi connectivity index (χ1v) is 5.75. The second-order valence-electron chi connectivity index (χ2n) is 4.35. The Hall–Kier alpha value is -1.85. The summed E-state index contributed by atoms with van der Waals surface area (Å²) in [5.41, 5.74) is 0.980. The molecule has 1 aromatic rings. The summed E-state index contributed by atoms with van der Waals surface area (Å²) in [6, 6.07) is 0.427. The first-order chi connectivity index (χ1) is 8.28. The molecule has 1 aromatic heterocycles. The molecule has 17 heavy (non-hydrogen) atoms. The second-order valence-corrected chi connectivity index (χ2v) is 4.35. The van der Waals surface area contributed by atoms with Crippen LogP contribution >= 0.6 is 0 Å². The molecule has 0 aliphatic carbocycles. The third-order valence-electron chi connectivity index (χ3n) is 3.24. The van der Waals surface area contributed by atoms with E-state index in [1.54, 1.807) is 6.20 Å². The third-order valence-corrected chi connectivity index (χ3v) is 3.24. The number of nitrogens with zero attached hydrogens (tertiary/aromatic N) is 3. The summed E-state index contributed by atoms with van der Waals surface area (Å²) in [5.74, 6) is 0.358. The minimum absolute atomic E-state index is 0.111. The zero-order valence-electron chi connectivity index (χ0n) is 9.64. The van der Waals surface area contributed by atoms with Gasteiger partial charge in [-0.05, 0) is 12.8 Å². The minimum atomic E-state index is -0.500. The van der Waals surface area contributed by atoms with E-state index in [-0.39, 0.29) is 5.82 Å². The third kappa shape index (κ3) is 1.69. The molecule has 1 saturated heterocycles. The van der Waals surface area contributed by atoms with Crippen LogP contribution in [-0.4, -0.2) is 42.2 Å². The molecule has 0 aromatic carbocycles. The van der Waals surface area contributed by atoms with E-state index in [4.69, 9.17) is 0 Å². The largest absolute Gasteiger partial charge is 0.463 e. The van der Waals surface area contributed by atoms with Crippen molar-refractivity contribution in [1.29, 1.82) is 0 Å². The molecule has 0 spiro atoms. The maximum atomic E-state index is 11.4. The molecule has 3 rings (SSSR count). The number of rotatable bonds is 1. The molecule has 2 aliphatic rings. The predicted octanol–water partition coefficient (Wildman–Crippen LogP) is 0.657. The van der Waals surface area contributed by atoms with Crippen molar-refractivity contribution in [3.8, 4) is 0 Å². The molecule has 0 saturated carbocycles. The van der Waals surface area contributed by atoms with Crippen molar-refractivity contribution in [3.05, 3.63) is 12.0 Å². The molecule has 1 N–H and O–H groups in total. The molecule has 0 radical (unpaired) electrons. The zero-order valence-corrected chi connectivity index (χ0v) is 9.64. The van der Waals surface area contributed by atoms with Gasteiger partial charge in [0.15, 0.2) is 5.82 Å². The number of carbonyl (C=O) groups excluding carboxylic acids is 1. The number of nitrogens with one attached hydrogen (secondary N) is 1. The number of piperidine rings is 1. The molecular weight excluding hydrogens is 220 g/mol. The van der Waals surface area contributed by atoms with Gasteiger partial charge in [-0.3, -0.25) is 0 Å². The Balaban J connectivity index is 1.98. The number of esters is 1. The number of anilines is 2. The van der Waals surface area contributed by atoms with E-state index in [9.17, 15) is 4.79 Å². The number of ether oxygens (including phenoxy) is 1. The fraction of sp³-hybridized carbons (Fsp3) is 0.545. The summed E-state index contributed by atoms with van der Waals surface area (Å²) in [4.78, 5) is 21.9. The molecule has 2 bridgehead atoms. The van der Waals surface area contributed by atoms with Crippen LogP contribution in [0.4, 0.5) is 11.5 Å². The molecule has 2 aliphatic heterocycles. The highest BCUT2D eigenvalue weighted by atomic mass is 16.5. The predicted molar refractivity (Wildman–Crippen MR) is 62.2 cm³/mol. The smallest absolute Gasteiger partial charge is 0.376 e. The normalized spacial score (nSPS) is 21.5. The lowest BCUT2D eigenvalue weighted by Crippen LogP contribution is -2.46. The van der Waals surface area contributed by atoms with Crippen LogP contribution in [0.2, 0.25) is 0 Å². The molecule has 3 heterocycles. The van der Waals surface area contributed by atoms with Crippen molar-refractivity contribution in [3.63, 3.8) is 0 Å². The Morgan fingerprint density at radius 2 is 2.53 bits per heavy atom. The topological polar surface area (TPSA) is 67.3 Å². The van der Waals surface area contributed by atoms with Crippen LogP contribution < -0.4 is 10.2 Å². The van der Waals surface area contributed by atoms with E-state index in [2.05, 4.69) is 24.9 Å². The van der Waals surface area contributed by atoms with E-state index in [0.29, 0.717) is 6.04 Å². The van der Waals surface area contributed by atoms with Gasteiger partial charge in [0.25, 0.3) is 0 Å². The van der Waals surface area contributed by atoms with Crippen LogP contribution in [0.15, 0.2) is 6.20 Å². The second kappa shape index (κ2) is 3.87. The number of hydrogen-bond acceptors (Lipinski definition) is 6. The van der Waals surface area contributed by atoms with Crippen LogP contribution in [0.5, 0.6) is 0 Å². The quantitative estimate of drug-likeness (QED) is 0.720. The van der Waals surface area contributed by atoms with Gasteiger partial charge in [0.1, 0.15) is 0 Å². The Kier molecular flexibility index (Phi) is 2.35. The van der Waals surface area contributed by atoms with Gasteiger partial charge in [0, 0.05) is 19.1 Å². The summed E-state index contributed by atoms with van der Waals surface area (Å²) in [6.45, 7) is 2.03. The Labute approximate surface area is 99.0 Å². The lowest BCUT2D eigenvalue weighted by Gasteiger charge is -2.40. The summed E-state index contributed by atoms with van der Waals surface area (Å²) in [5, 5.41) is 3.35. The van der Waals surface area contributed by atoms with Crippen molar-refractivity contribution < 1.29 is 9.53 Å². The van der Waals surface area contributed by atoms with E-state index in [0.717, 1.165) is 31.0 Å². The highest BCUT2D eigenvalue weighted by Gasteiger charge is 2.29. The van der Waals surface area contributed by atoms with E-state index in [1.807, 2.05) is 0 Å². The lowest BCUT2D eigenvalue weighted by molar-refractivity contribution is 0.0587. The maximum Gasteiger partial charge on any atom is 0.376 e. The number of methoxy groups -OCH3 is 1. The molecule has 6 heteroatoms. The Morgan fingerprint density at radius 3 is 3.35 bits per heavy atom. The Morgan fingerprint density at radius 1 is 1.65 bits per heavy atom. The Bertz CT molecular complexity index is 463. The first kappa shape index (κ1) is 10.3. The average Bonchev–Trinajstić information content (AvgIpc) is 2.37. The molecule has 0 unspecified atom stereocenters. The van der Waals surface area contributed by atoms with Crippen LogP contribution in [0.3, 0.4) is 0 Å². The van der Waals surface area contributed by atoms with Gasteiger partial charge in [-0.1, -0.05) is 0 Å². The summed E-state index contributed by atoms with van der Waals surface area (Å²) < 4.78 is 4.62. The molecular formula is C11H14N4O2. The van der Waals surface area contributed by atoms with Gasteiger partial charge in [0.2, 0.25) is 5.82 Å². The number of aromatic nitrogens is 2. The fourth-order valence-corrected chi connectivity index (χ4v) is 2.41.